The Morgan fingerprint density at radius 1 is 1.25 bits per heavy atom. The van der Waals surface area contributed by atoms with Crippen LogP contribution in [-0.4, -0.2) is 6.61 Å². The standard InChI is InChI=1S/C13H16F2O/c1-4-5-6-16-10-7-11(14)13(9(2)3)12(15)8-10/h4-5,7-9H,6H2,1-3H3/b5-4+. The molecule has 0 saturated heterocycles. The van der Waals surface area contributed by atoms with Crippen molar-refractivity contribution in [3.8, 4) is 5.75 Å². The van der Waals surface area contributed by atoms with Crippen LogP contribution in [0, 0.1) is 11.6 Å². The van der Waals surface area contributed by atoms with Crippen molar-refractivity contribution in [1.82, 2.24) is 0 Å². The zero-order valence-electron chi connectivity index (χ0n) is 9.76. The normalized spacial score (nSPS) is 11.4. The van der Waals surface area contributed by atoms with Crippen LogP contribution in [0.1, 0.15) is 32.3 Å². The van der Waals surface area contributed by atoms with Gasteiger partial charge in [0, 0.05) is 17.7 Å². The Balaban J connectivity index is 2.91. The first kappa shape index (κ1) is 12.7. The van der Waals surface area contributed by atoms with Crippen LogP contribution >= 0.6 is 0 Å². The van der Waals surface area contributed by atoms with E-state index in [0.29, 0.717) is 6.61 Å². The first-order valence-corrected chi connectivity index (χ1v) is 5.29. The number of allylic oxidation sites excluding steroid dienone is 1. The van der Waals surface area contributed by atoms with Crippen LogP contribution in [0.5, 0.6) is 5.75 Å². The fourth-order valence-corrected chi connectivity index (χ4v) is 1.44. The molecule has 0 bridgehead atoms. The minimum atomic E-state index is -0.550. The summed E-state index contributed by atoms with van der Waals surface area (Å²) in [6, 6.07) is 2.45. The van der Waals surface area contributed by atoms with E-state index >= 15 is 0 Å². The van der Waals surface area contributed by atoms with E-state index in [1.807, 2.05) is 13.0 Å². The number of ether oxygens (including phenoxy) is 1. The van der Waals surface area contributed by atoms with E-state index in [1.165, 1.54) is 12.1 Å². The molecule has 0 spiro atoms. The molecule has 0 fully saturated rings. The summed E-state index contributed by atoms with van der Waals surface area (Å²) >= 11 is 0. The SMILES string of the molecule is C/C=C/COc1cc(F)c(C(C)C)c(F)c1. The summed E-state index contributed by atoms with van der Waals surface area (Å²) in [5.41, 5.74) is 0.110. The molecule has 0 amide bonds. The van der Waals surface area contributed by atoms with Gasteiger partial charge in [0.1, 0.15) is 24.0 Å². The molecule has 0 atom stereocenters. The molecule has 16 heavy (non-hydrogen) atoms. The molecule has 0 aliphatic carbocycles. The maximum absolute atomic E-state index is 13.5. The predicted octanol–water partition coefficient (Wildman–Crippen LogP) is 4.04. The molecule has 1 nitrogen and oxygen atoms in total. The predicted molar refractivity (Wildman–Crippen MR) is 60.8 cm³/mol. The van der Waals surface area contributed by atoms with Crippen LogP contribution in [0.4, 0.5) is 8.78 Å². The number of rotatable bonds is 4. The van der Waals surface area contributed by atoms with Gasteiger partial charge in [-0.15, -0.1) is 0 Å². The third-order valence-electron chi connectivity index (χ3n) is 2.21. The molecule has 0 radical (unpaired) electrons. The van der Waals surface area contributed by atoms with E-state index in [4.69, 9.17) is 4.74 Å². The number of hydrogen-bond acceptors (Lipinski definition) is 1. The summed E-state index contributed by atoms with van der Waals surface area (Å²) < 4.78 is 32.2. The van der Waals surface area contributed by atoms with Crippen LogP contribution in [0.15, 0.2) is 24.3 Å². The largest absolute Gasteiger partial charge is 0.489 e. The van der Waals surface area contributed by atoms with E-state index in [9.17, 15) is 8.78 Å². The second kappa shape index (κ2) is 5.64. The molecule has 0 saturated carbocycles. The lowest BCUT2D eigenvalue weighted by Crippen LogP contribution is -2.01. The Labute approximate surface area is 94.7 Å². The molecule has 0 heterocycles. The fourth-order valence-electron chi connectivity index (χ4n) is 1.44. The quantitative estimate of drug-likeness (QED) is 0.704. The van der Waals surface area contributed by atoms with E-state index in [-0.39, 0.29) is 17.2 Å². The van der Waals surface area contributed by atoms with Crippen molar-refractivity contribution < 1.29 is 13.5 Å². The topological polar surface area (TPSA) is 9.23 Å². The third kappa shape index (κ3) is 3.05. The van der Waals surface area contributed by atoms with E-state index in [2.05, 4.69) is 0 Å². The Bertz CT molecular complexity index is 361. The molecule has 0 aliphatic rings. The maximum atomic E-state index is 13.5. The van der Waals surface area contributed by atoms with Crippen molar-refractivity contribution in [3.05, 3.63) is 41.5 Å². The maximum Gasteiger partial charge on any atom is 0.133 e. The van der Waals surface area contributed by atoms with Gasteiger partial charge < -0.3 is 4.74 Å². The lowest BCUT2D eigenvalue weighted by molar-refractivity contribution is 0.356. The lowest BCUT2D eigenvalue weighted by Gasteiger charge is -2.11. The van der Waals surface area contributed by atoms with E-state index in [0.717, 1.165) is 0 Å². The van der Waals surface area contributed by atoms with Crippen molar-refractivity contribution in [2.45, 2.75) is 26.7 Å². The van der Waals surface area contributed by atoms with Crippen LogP contribution in [0.3, 0.4) is 0 Å². The smallest absolute Gasteiger partial charge is 0.133 e. The van der Waals surface area contributed by atoms with Crippen LogP contribution < -0.4 is 4.74 Å². The van der Waals surface area contributed by atoms with Gasteiger partial charge in [0.05, 0.1) is 0 Å². The summed E-state index contributed by atoms with van der Waals surface area (Å²) in [7, 11) is 0. The van der Waals surface area contributed by atoms with Gasteiger partial charge in [-0.3, -0.25) is 0 Å². The van der Waals surface area contributed by atoms with Gasteiger partial charge in [0.15, 0.2) is 0 Å². The highest BCUT2D eigenvalue weighted by Gasteiger charge is 2.14. The summed E-state index contributed by atoms with van der Waals surface area (Å²) in [6.45, 7) is 5.67. The summed E-state index contributed by atoms with van der Waals surface area (Å²) in [5, 5.41) is 0. The fraction of sp³-hybridized carbons (Fsp3) is 0.385. The molecule has 1 aromatic rings. The highest BCUT2D eigenvalue weighted by atomic mass is 19.1. The Hall–Kier alpha value is -1.38. The van der Waals surface area contributed by atoms with Crippen molar-refractivity contribution in [2.75, 3.05) is 6.61 Å². The van der Waals surface area contributed by atoms with Crippen molar-refractivity contribution in [2.24, 2.45) is 0 Å². The lowest BCUT2D eigenvalue weighted by atomic mass is 10.0. The van der Waals surface area contributed by atoms with E-state index < -0.39 is 11.6 Å². The summed E-state index contributed by atoms with van der Waals surface area (Å²) in [4.78, 5) is 0. The molecule has 1 rings (SSSR count). The minimum Gasteiger partial charge on any atom is -0.489 e. The number of hydrogen-bond donors (Lipinski definition) is 0. The molecule has 1 aromatic carbocycles. The zero-order valence-corrected chi connectivity index (χ0v) is 9.76. The highest BCUT2D eigenvalue weighted by molar-refractivity contribution is 5.32. The Morgan fingerprint density at radius 3 is 2.25 bits per heavy atom. The summed E-state index contributed by atoms with van der Waals surface area (Å²) in [6.07, 6.45) is 3.58. The van der Waals surface area contributed by atoms with Gasteiger partial charge in [0.2, 0.25) is 0 Å². The molecule has 0 aliphatic heterocycles. The average Bonchev–Trinajstić information content (AvgIpc) is 2.16. The zero-order chi connectivity index (χ0) is 12.1. The van der Waals surface area contributed by atoms with Gasteiger partial charge in [-0.05, 0) is 12.8 Å². The molecule has 3 heteroatoms. The van der Waals surface area contributed by atoms with Gasteiger partial charge >= 0.3 is 0 Å². The van der Waals surface area contributed by atoms with E-state index in [1.54, 1.807) is 19.9 Å². The average molecular weight is 226 g/mol. The van der Waals surface area contributed by atoms with Crippen LogP contribution in [0.2, 0.25) is 0 Å². The minimum absolute atomic E-state index is 0.110. The second-order valence-electron chi connectivity index (χ2n) is 3.84. The molecule has 0 N–H and O–H groups in total. The van der Waals surface area contributed by atoms with Gasteiger partial charge in [0.25, 0.3) is 0 Å². The number of benzene rings is 1. The molecule has 88 valence electrons. The van der Waals surface area contributed by atoms with Crippen molar-refractivity contribution >= 4 is 0 Å². The number of halogens is 2. The van der Waals surface area contributed by atoms with Crippen LogP contribution in [0.25, 0.3) is 0 Å². The van der Waals surface area contributed by atoms with Crippen LogP contribution in [-0.2, 0) is 0 Å². The van der Waals surface area contributed by atoms with Gasteiger partial charge in [-0.2, -0.15) is 0 Å². The third-order valence-corrected chi connectivity index (χ3v) is 2.21. The monoisotopic (exact) mass is 226 g/mol. The molecule has 0 unspecified atom stereocenters. The van der Waals surface area contributed by atoms with Crippen molar-refractivity contribution in [1.29, 1.82) is 0 Å². The first-order valence-electron chi connectivity index (χ1n) is 5.29. The molecular formula is C13H16F2O. The molecule has 0 aromatic heterocycles. The summed E-state index contributed by atoms with van der Waals surface area (Å²) in [5.74, 6) is -1.06. The highest BCUT2D eigenvalue weighted by Crippen LogP contribution is 2.26. The first-order chi connectivity index (χ1) is 7.56. The molecular weight excluding hydrogens is 210 g/mol. The second-order valence-corrected chi connectivity index (χ2v) is 3.84. The Morgan fingerprint density at radius 2 is 1.81 bits per heavy atom. The van der Waals surface area contributed by atoms with Crippen molar-refractivity contribution in [3.63, 3.8) is 0 Å². The van der Waals surface area contributed by atoms with Gasteiger partial charge in [-0.1, -0.05) is 26.0 Å². The van der Waals surface area contributed by atoms with Gasteiger partial charge in [-0.25, -0.2) is 8.78 Å². The Kier molecular flexibility index (Phi) is 4.47.